The van der Waals surface area contributed by atoms with Crippen LogP contribution in [0.15, 0.2) is 30.3 Å². The van der Waals surface area contributed by atoms with E-state index in [1.54, 1.807) is 31.2 Å². The van der Waals surface area contributed by atoms with Gasteiger partial charge in [0.15, 0.2) is 6.10 Å². The average Bonchev–Trinajstić information content (AvgIpc) is 2.38. The Bertz CT molecular complexity index is 420. The summed E-state index contributed by atoms with van der Waals surface area (Å²) in [7, 11) is 0. The van der Waals surface area contributed by atoms with E-state index in [1.165, 1.54) is 0 Å². The Morgan fingerprint density at radius 1 is 1.32 bits per heavy atom. The van der Waals surface area contributed by atoms with Crippen LogP contribution in [-0.2, 0) is 16.0 Å². The Labute approximate surface area is 111 Å². The lowest BCUT2D eigenvalue weighted by Gasteiger charge is -2.21. The van der Waals surface area contributed by atoms with Gasteiger partial charge in [-0.15, -0.1) is 0 Å². The van der Waals surface area contributed by atoms with Crippen LogP contribution in [0.2, 0.25) is 0 Å². The highest BCUT2D eigenvalue weighted by molar-refractivity contribution is 5.75. The normalized spacial score (nSPS) is 13.4. The Morgan fingerprint density at radius 3 is 2.47 bits per heavy atom. The van der Waals surface area contributed by atoms with E-state index in [4.69, 9.17) is 5.11 Å². The highest BCUT2D eigenvalue weighted by atomic mass is 16.5. The van der Waals surface area contributed by atoms with E-state index in [1.807, 2.05) is 6.07 Å². The highest BCUT2D eigenvalue weighted by Gasteiger charge is 2.27. The Hall–Kier alpha value is -2.08. The van der Waals surface area contributed by atoms with Crippen LogP contribution in [0.5, 0.6) is 0 Å². The fourth-order valence-electron chi connectivity index (χ4n) is 1.61. The second kappa shape index (κ2) is 7.38. The lowest BCUT2D eigenvalue weighted by molar-refractivity contribution is -0.148. The molecular formula is C13H17NO5. The molecule has 104 valence electrons. The lowest BCUT2D eigenvalue weighted by atomic mass is 10.0. The van der Waals surface area contributed by atoms with Crippen molar-refractivity contribution in [3.63, 3.8) is 0 Å². The van der Waals surface area contributed by atoms with Crippen molar-refractivity contribution >= 4 is 12.1 Å². The summed E-state index contributed by atoms with van der Waals surface area (Å²) in [6.45, 7) is 1.81. The SMILES string of the molecule is CCOC(=O)NC(Cc1ccccc1)[C@H](O)C(=O)O. The van der Waals surface area contributed by atoms with Crippen molar-refractivity contribution in [1.29, 1.82) is 0 Å². The number of aliphatic hydroxyl groups is 1. The first-order valence-electron chi connectivity index (χ1n) is 5.92. The van der Waals surface area contributed by atoms with E-state index in [9.17, 15) is 14.7 Å². The summed E-state index contributed by atoms with van der Waals surface area (Å²) in [5.74, 6) is -1.39. The summed E-state index contributed by atoms with van der Waals surface area (Å²) in [6, 6.07) is 8.04. The molecule has 1 aromatic carbocycles. The molecule has 1 unspecified atom stereocenters. The first kappa shape index (κ1) is 15.0. The number of carbonyl (C=O) groups excluding carboxylic acids is 1. The number of aliphatic hydroxyl groups excluding tert-OH is 1. The molecule has 1 rings (SSSR count). The van der Waals surface area contributed by atoms with Gasteiger partial charge in [-0.25, -0.2) is 9.59 Å². The molecule has 2 atom stereocenters. The molecule has 3 N–H and O–H groups in total. The smallest absolute Gasteiger partial charge is 0.407 e. The van der Waals surface area contributed by atoms with E-state index < -0.39 is 24.2 Å². The molecule has 0 spiro atoms. The first-order chi connectivity index (χ1) is 9.04. The molecule has 0 saturated heterocycles. The maximum absolute atomic E-state index is 11.3. The highest BCUT2D eigenvalue weighted by Crippen LogP contribution is 2.07. The van der Waals surface area contributed by atoms with Gasteiger partial charge in [-0.3, -0.25) is 0 Å². The number of nitrogens with one attached hydrogen (secondary N) is 1. The fraction of sp³-hybridized carbons (Fsp3) is 0.385. The zero-order chi connectivity index (χ0) is 14.3. The third-order valence-corrected chi connectivity index (χ3v) is 2.51. The summed E-state index contributed by atoms with van der Waals surface area (Å²) >= 11 is 0. The number of amides is 1. The van der Waals surface area contributed by atoms with Gasteiger partial charge in [0.25, 0.3) is 0 Å². The van der Waals surface area contributed by atoms with Crippen LogP contribution < -0.4 is 5.32 Å². The number of benzene rings is 1. The molecule has 0 aliphatic heterocycles. The van der Waals surface area contributed by atoms with Crippen molar-refractivity contribution in [2.24, 2.45) is 0 Å². The Kier molecular flexibility index (Phi) is 5.81. The van der Waals surface area contributed by atoms with Gasteiger partial charge < -0.3 is 20.3 Å². The van der Waals surface area contributed by atoms with Gasteiger partial charge in [0.2, 0.25) is 0 Å². The largest absolute Gasteiger partial charge is 0.479 e. The molecule has 0 heterocycles. The maximum atomic E-state index is 11.3. The standard InChI is InChI=1S/C13H17NO5/c1-2-19-13(18)14-10(11(15)12(16)17)8-9-6-4-3-5-7-9/h3-7,10-11,15H,2,8H2,1H3,(H,14,18)(H,16,17)/t10?,11-/m0/s1. The lowest BCUT2D eigenvalue weighted by Crippen LogP contribution is -2.48. The number of carboxylic acid groups (broad SMARTS) is 1. The van der Waals surface area contributed by atoms with Crippen LogP contribution in [0.25, 0.3) is 0 Å². The minimum absolute atomic E-state index is 0.174. The summed E-state index contributed by atoms with van der Waals surface area (Å²) in [6.07, 6.45) is -2.24. The fourth-order valence-corrected chi connectivity index (χ4v) is 1.61. The van der Waals surface area contributed by atoms with E-state index in [0.717, 1.165) is 5.56 Å². The van der Waals surface area contributed by atoms with Gasteiger partial charge in [-0.1, -0.05) is 30.3 Å². The van der Waals surface area contributed by atoms with Crippen molar-refractivity contribution < 1.29 is 24.5 Å². The summed E-state index contributed by atoms with van der Waals surface area (Å²) in [4.78, 5) is 22.2. The van der Waals surface area contributed by atoms with Crippen molar-refractivity contribution in [2.75, 3.05) is 6.61 Å². The monoisotopic (exact) mass is 267 g/mol. The van der Waals surface area contributed by atoms with Gasteiger partial charge in [-0.05, 0) is 18.9 Å². The van der Waals surface area contributed by atoms with Crippen molar-refractivity contribution in [3.8, 4) is 0 Å². The van der Waals surface area contributed by atoms with Crippen molar-refractivity contribution in [1.82, 2.24) is 5.32 Å². The molecule has 0 bridgehead atoms. The predicted molar refractivity (Wildman–Crippen MR) is 67.7 cm³/mol. The van der Waals surface area contributed by atoms with Gasteiger partial charge in [-0.2, -0.15) is 0 Å². The Balaban J connectivity index is 2.74. The Morgan fingerprint density at radius 2 is 1.95 bits per heavy atom. The molecule has 0 radical (unpaired) electrons. The first-order valence-corrected chi connectivity index (χ1v) is 5.92. The second-order valence-corrected chi connectivity index (χ2v) is 3.94. The molecule has 0 fully saturated rings. The molecule has 0 aromatic heterocycles. The van der Waals surface area contributed by atoms with Gasteiger partial charge >= 0.3 is 12.1 Å². The molecule has 0 saturated carbocycles. The minimum atomic E-state index is -1.69. The predicted octanol–water partition coefficient (Wildman–Crippen LogP) is 0.789. The number of alkyl carbamates (subject to hydrolysis) is 1. The zero-order valence-electron chi connectivity index (χ0n) is 10.6. The zero-order valence-corrected chi connectivity index (χ0v) is 10.6. The minimum Gasteiger partial charge on any atom is -0.479 e. The number of aliphatic carboxylic acids is 1. The maximum Gasteiger partial charge on any atom is 0.407 e. The van der Waals surface area contributed by atoms with Crippen LogP contribution in [0.3, 0.4) is 0 Å². The van der Waals surface area contributed by atoms with Crippen LogP contribution in [0.1, 0.15) is 12.5 Å². The number of carboxylic acids is 1. The number of carbonyl (C=O) groups is 2. The van der Waals surface area contributed by atoms with Gasteiger partial charge in [0.05, 0.1) is 12.6 Å². The quantitative estimate of drug-likeness (QED) is 0.708. The number of ether oxygens (including phenoxy) is 1. The van der Waals surface area contributed by atoms with E-state index in [2.05, 4.69) is 10.1 Å². The van der Waals surface area contributed by atoms with Crippen molar-refractivity contribution in [3.05, 3.63) is 35.9 Å². The molecule has 6 nitrogen and oxygen atoms in total. The van der Waals surface area contributed by atoms with Gasteiger partial charge in [0, 0.05) is 0 Å². The van der Waals surface area contributed by atoms with E-state index >= 15 is 0 Å². The summed E-state index contributed by atoms with van der Waals surface area (Å²) in [5, 5.41) is 20.8. The number of hydrogen-bond acceptors (Lipinski definition) is 4. The molecule has 19 heavy (non-hydrogen) atoms. The number of hydrogen-bond donors (Lipinski definition) is 3. The third kappa shape index (κ3) is 4.97. The summed E-state index contributed by atoms with van der Waals surface area (Å²) < 4.78 is 4.69. The number of rotatable bonds is 6. The topological polar surface area (TPSA) is 95.9 Å². The van der Waals surface area contributed by atoms with Crippen LogP contribution in [0, 0.1) is 0 Å². The van der Waals surface area contributed by atoms with Gasteiger partial charge in [0.1, 0.15) is 0 Å². The van der Waals surface area contributed by atoms with Crippen LogP contribution in [-0.4, -0.2) is 41.0 Å². The summed E-state index contributed by atoms with van der Waals surface area (Å²) in [5.41, 5.74) is 0.810. The molecular weight excluding hydrogens is 250 g/mol. The van der Waals surface area contributed by atoms with Crippen LogP contribution in [0.4, 0.5) is 4.79 Å². The molecule has 1 aromatic rings. The molecule has 0 aliphatic rings. The van der Waals surface area contributed by atoms with E-state index in [-0.39, 0.29) is 13.0 Å². The van der Waals surface area contributed by atoms with Crippen LogP contribution >= 0.6 is 0 Å². The van der Waals surface area contributed by atoms with E-state index in [0.29, 0.717) is 0 Å². The second-order valence-electron chi connectivity index (χ2n) is 3.94. The third-order valence-electron chi connectivity index (χ3n) is 2.51. The molecule has 6 heteroatoms. The molecule has 0 aliphatic carbocycles. The van der Waals surface area contributed by atoms with Crippen molar-refractivity contribution in [2.45, 2.75) is 25.5 Å². The molecule has 1 amide bonds. The average molecular weight is 267 g/mol.